The summed E-state index contributed by atoms with van der Waals surface area (Å²) in [5, 5.41) is 5.24. The fourth-order valence-corrected chi connectivity index (χ4v) is 4.97. The first-order valence-electron chi connectivity index (χ1n) is 9.68. The van der Waals surface area contributed by atoms with Crippen molar-refractivity contribution < 1.29 is 13.6 Å². The van der Waals surface area contributed by atoms with Crippen molar-refractivity contribution in [2.24, 2.45) is 7.05 Å². The second-order valence-electron chi connectivity index (χ2n) is 7.35. The standard InChI is InChI=1S/C23H19F2N3O2S2/c1-12-4-5-14(8-13(12)2)16-10-31-21-20(16)22(30)28(3)23(27-21)32-11-19(29)26-18-7-6-15(24)9-17(18)25/h4-10H,11H2,1-3H3,(H,26,29). The normalized spacial score (nSPS) is 11.2. The predicted molar refractivity (Wildman–Crippen MR) is 125 cm³/mol. The van der Waals surface area contributed by atoms with Crippen LogP contribution in [0.3, 0.4) is 0 Å². The lowest BCUT2D eigenvalue weighted by atomic mass is 10.0. The molecular weight excluding hydrogens is 452 g/mol. The maximum absolute atomic E-state index is 13.7. The Kier molecular flexibility index (Phi) is 6.12. The van der Waals surface area contributed by atoms with Gasteiger partial charge in [-0.15, -0.1) is 11.3 Å². The van der Waals surface area contributed by atoms with Gasteiger partial charge in [0.2, 0.25) is 5.91 Å². The van der Waals surface area contributed by atoms with Crippen molar-refractivity contribution in [1.29, 1.82) is 0 Å². The first-order valence-corrected chi connectivity index (χ1v) is 11.5. The number of rotatable bonds is 5. The quantitative estimate of drug-likeness (QED) is 0.317. The molecule has 4 aromatic rings. The van der Waals surface area contributed by atoms with Gasteiger partial charge in [-0.2, -0.15) is 0 Å². The summed E-state index contributed by atoms with van der Waals surface area (Å²) >= 11 is 2.44. The maximum atomic E-state index is 13.7. The van der Waals surface area contributed by atoms with Crippen LogP contribution in [-0.2, 0) is 11.8 Å². The minimum Gasteiger partial charge on any atom is -0.323 e. The molecule has 1 N–H and O–H groups in total. The topological polar surface area (TPSA) is 64.0 Å². The highest BCUT2D eigenvalue weighted by atomic mass is 32.2. The fourth-order valence-electron chi connectivity index (χ4n) is 3.21. The summed E-state index contributed by atoms with van der Waals surface area (Å²) in [5.74, 6) is -2.15. The number of amides is 1. The average molecular weight is 472 g/mol. The van der Waals surface area contributed by atoms with Crippen molar-refractivity contribution in [3.8, 4) is 11.1 Å². The van der Waals surface area contributed by atoms with Gasteiger partial charge in [0.05, 0.1) is 16.8 Å². The number of nitrogens with zero attached hydrogens (tertiary/aromatic N) is 2. The SMILES string of the molecule is Cc1ccc(-c2csc3nc(SCC(=O)Nc4ccc(F)cc4F)n(C)c(=O)c23)cc1C. The Morgan fingerprint density at radius 2 is 1.94 bits per heavy atom. The molecule has 164 valence electrons. The van der Waals surface area contributed by atoms with E-state index in [0.29, 0.717) is 21.4 Å². The zero-order chi connectivity index (χ0) is 23.0. The summed E-state index contributed by atoms with van der Waals surface area (Å²) in [4.78, 5) is 30.5. The number of aromatic nitrogens is 2. The lowest BCUT2D eigenvalue weighted by molar-refractivity contribution is -0.113. The minimum atomic E-state index is -0.854. The van der Waals surface area contributed by atoms with E-state index in [1.165, 1.54) is 21.5 Å². The summed E-state index contributed by atoms with van der Waals surface area (Å²) < 4.78 is 28.2. The Labute approximate surface area is 191 Å². The number of carbonyl (C=O) groups is 1. The van der Waals surface area contributed by atoms with Crippen LogP contribution < -0.4 is 10.9 Å². The van der Waals surface area contributed by atoms with Gasteiger partial charge < -0.3 is 5.32 Å². The summed E-state index contributed by atoms with van der Waals surface area (Å²) in [5.41, 5.74) is 3.81. The van der Waals surface area contributed by atoms with Crippen molar-refractivity contribution in [2.75, 3.05) is 11.1 Å². The second kappa shape index (κ2) is 8.84. The number of hydrogen-bond donors (Lipinski definition) is 1. The largest absolute Gasteiger partial charge is 0.323 e. The van der Waals surface area contributed by atoms with E-state index in [0.717, 1.165) is 40.6 Å². The Bertz CT molecular complexity index is 1410. The molecule has 0 unspecified atom stereocenters. The number of carbonyl (C=O) groups excluding carboxylic acids is 1. The van der Waals surface area contributed by atoms with E-state index in [-0.39, 0.29) is 17.0 Å². The molecule has 0 saturated carbocycles. The van der Waals surface area contributed by atoms with Gasteiger partial charge in [-0.05, 0) is 42.7 Å². The van der Waals surface area contributed by atoms with Crippen LogP contribution in [-0.4, -0.2) is 21.2 Å². The fraction of sp³-hybridized carbons (Fsp3) is 0.174. The summed E-state index contributed by atoms with van der Waals surface area (Å²) in [6.07, 6.45) is 0. The molecule has 32 heavy (non-hydrogen) atoms. The highest BCUT2D eigenvalue weighted by Gasteiger charge is 2.17. The van der Waals surface area contributed by atoms with E-state index in [1.54, 1.807) is 7.05 Å². The molecule has 0 radical (unpaired) electrons. The molecule has 0 aliphatic heterocycles. The van der Waals surface area contributed by atoms with Crippen molar-refractivity contribution in [2.45, 2.75) is 19.0 Å². The number of thiophene rings is 1. The molecule has 2 aromatic heterocycles. The van der Waals surface area contributed by atoms with E-state index < -0.39 is 17.5 Å². The van der Waals surface area contributed by atoms with Gasteiger partial charge in [0.1, 0.15) is 16.5 Å². The van der Waals surface area contributed by atoms with Crippen LogP contribution in [0, 0.1) is 25.5 Å². The number of nitrogens with one attached hydrogen (secondary N) is 1. The van der Waals surface area contributed by atoms with Gasteiger partial charge >= 0.3 is 0 Å². The Morgan fingerprint density at radius 1 is 1.16 bits per heavy atom. The minimum absolute atomic E-state index is 0.0853. The van der Waals surface area contributed by atoms with E-state index in [4.69, 9.17) is 0 Å². The molecule has 0 aliphatic carbocycles. The van der Waals surface area contributed by atoms with Gasteiger partial charge in [0, 0.05) is 24.1 Å². The van der Waals surface area contributed by atoms with Crippen molar-refractivity contribution in [3.63, 3.8) is 0 Å². The third-order valence-corrected chi connectivity index (χ3v) is 7.03. The molecule has 0 aliphatic rings. The Morgan fingerprint density at radius 3 is 2.66 bits per heavy atom. The first kappa shape index (κ1) is 22.2. The molecule has 9 heteroatoms. The smallest absolute Gasteiger partial charge is 0.263 e. The lowest BCUT2D eigenvalue weighted by Gasteiger charge is -2.09. The van der Waals surface area contributed by atoms with Gasteiger partial charge in [-0.1, -0.05) is 30.0 Å². The molecule has 0 atom stereocenters. The molecule has 0 saturated heterocycles. The first-order chi connectivity index (χ1) is 15.2. The number of aryl methyl sites for hydroxylation is 2. The van der Waals surface area contributed by atoms with Crippen LogP contribution in [0.1, 0.15) is 11.1 Å². The summed E-state index contributed by atoms with van der Waals surface area (Å²) in [6, 6.07) is 9.00. The zero-order valence-corrected chi connectivity index (χ0v) is 19.2. The molecule has 2 heterocycles. The molecule has 0 bridgehead atoms. The summed E-state index contributed by atoms with van der Waals surface area (Å²) in [7, 11) is 1.61. The van der Waals surface area contributed by atoms with E-state index >= 15 is 0 Å². The molecule has 5 nitrogen and oxygen atoms in total. The van der Waals surface area contributed by atoms with E-state index in [2.05, 4.69) is 16.4 Å². The van der Waals surface area contributed by atoms with E-state index in [1.807, 2.05) is 31.4 Å². The van der Waals surface area contributed by atoms with Gasteiger partial charge in [-0.3, -0.25) is 14.2 Å². The highest BCUT2D eigenvalue weighted by Crippen LogP contribution is 2.33. The van der Waals surface area contributed by atoms with Crippen molar-refractivity contribution in [1.82, 2.24) is 9.55 Å². The second-order valence-corrected chi connectivity index (χ2v) is 9.15. The predicted octanol–water partition coefficient (Wildman–Crippen LogP) is 5.29. The number of thioether (sulfide) groups is 1. The van der Waals surface area contributed by atoms with Crippen molar-refractivity contribution in [3.05, 3.63) is 74.9 Å². The zero-order valence-electron chi connectivity index (χ0n) is 17.5. The molecule has 1 amide bonds. The number of benzene rings is 2. The van der Waals surface area contributed by atoms with Crippen LogP contribution in [0.2, 0.25) is 0 Å². The van der Waals surface area contributed by atoms with Crippen LogP contribution >= 0.6 is 23.1 Å². The summed E-state index contributed by atoms with van der Waals surface area (Å²) in [6.45, 7) is 4.07. The van der Waals surface area contributed by atoms with Crippen LogP contribution in [0.4, 0.5) is 14.5 Å². The number of halogens is 2. The van der Waals surface area contributed by atoms with Crippen molar-refractivity contribution >= 4 is 44.9 Å². The van der Waals surface area contributed by atoms with Crippen LogP contribution in [0.15, 0.2) is 51.7 Å². The molecule has 2 aromatic carbocycles. The molecule has 0 fully saturated rings. The average Bonchev–Trinajstić information content (AvgIpc) is 3.17. The third kappa shape index (κ3) is 4.31. The number of anilines is 1. The van der Waals surface area contributed by atoms with E-state index in [9.17, 15) is 18.4 Å². The highest BCUT2D eigenvalue weighted by molar-refractivity contribution is 7.99. The van der Waals surface area contributed by atoms with Gasteiger partial charge in [0.25, 0.3) is 5.56 Å². The molecular formula is C23H19F2N3O2S2. The van der Waals surface area contributed by atoms with Crippen LogP contribution in [0.25, 0.3) is 21.3 Å². The Hall–Kier alpha value is -3.04. The van der Waals surface area contributed by atoms with Crippen LogP contribution in [0.5, 0.6) is 0 Å². The molecule has 0 spiro atoms. The number of hydrogen-bond acceptors (Lipinski definition) is 5. The number of fused-ring (bicyclic) bond motifs is 1. The monoisotopic (exact) mass is 471 g/mol. The molecule has 4 rings (SSSR count). The maximum Gasteiger partial charge on any atom is 0.263 e. The van der Waals surface area contributed by atoms with Gasteiger partial charge in [-0.25, -0.2) is 13.8 Å². The van der Waals surface area contributed by atoms with Gasteiger partial charge in [0.15, 0.2) is 5.16 Å². The third-order valence-electron chi connectivity index (χ3n) is 5.13. The Balaban J connectivity index is 1.58. The lowest BCUT2D eigenvalue weighted by Crippen LogP contribution is -2.21.